The number of hydrogen-bond donors (Lipinski definition) is 0. The zero-order valence-electron chi connectivity index (χ0n) is 11.5. The van der Waals surface area contributed by atoms with Crippen LogP contribution in [-0.4, -0.2) is 45.4 Å². The van der Waals surface area contributed by atoms with Gasteiger partial charge >= 0.3 is 0 Å². The molecule has 0 aromatic heterocycles. The van der Waals surface area contributed by atoms with Gasteiger partial charge in [0.1, 0.15) is 0 Å². The topological polar surface area (TPSA) is 46.6 Å². The lowest BCUT2D eigenvalue weighted by Gasteiger charge is -2.21. The number of methoxy groups -OCH3 is 1. The van der Waals surface area contributed by atoms with Crippen molar-refractivity contribution in [3.63, 3.8) is 0 Å². The molecule has 0 heterocycles. The summed E-state index contributed by atoms with van der Waals surface area (Å²) < 4.78 is 31.3. The van der Waals surface area contributed by atoms with Crippen LogP contribution in [0, 0.1) is 13.8 Å². The quantitative estimate of drug-likeness (QED) is 0.725. The summed E-state index contributed by atoms with van der Waals surface area (Å²) in [6.07, 6.45) is 0. The highest BCUT2D eigenvalue weighted by Crippen LogP contribution is 2.19. The lowest BCUT2D eigenvalue weighted by atomic mass is 10.1. The monoisotopic (exact) mass is 305 g/mol. The summed E-state index contributed by atoms with van der Waals surface area (Å²) in [6.45, 7) is 4.78. The van der Waals surface area contributed by atoms with E-state index in [0.717, 1.165) is 11.1 Å². The summed E-state index contributed by atoms with van der Waals surface area (Å²) in [6, 6.07) is 5.14. The van der Waals surface area contributed by atoms with E-state index in [4.69, 9.17) is 16.3 Å². The smallest absolute Gasteiger partial charge is 0.243 e. The minimum atomic E-state index is -3.51. The molecule has 0 aliphatic heterocycles. The van der Waals surface area contributed by atoms with Crippen LogP contribution in [0.2, 0.25) is 0 Å². The Kier molecular flexibility index (Phi) is 6.26. The van der Waals surface area contributed by atoms with Gasteiger partial charge in [0.05, 0.1) is 11.5 Å². The summed E-state index contributed by atoms with van der Waals surface area (Å²) in [5.74, 6) is 0.258. The molecule has 0 N–H and O–H groups in total. The molecule has 0 aliphatic carbocycles. The summed E-state index contributed by atoms with van der Waals surface area (Å²) in [4.78, 5) is 0.303. The second-order valence-corrected chi connectivity index (χ2v) is 6.65. The molecule has 1 aromatic rings. The largest absolute Gasteiger partial charge is 0.383 e. The van der Waals surface area contributed by atoms with Gasteiger partial charge in [-0.3, -0.25) is 0 Å². The van der Waals surface area contributed by atoms with E-state index in [-0.39, 0.29) is 12.4 Å². The van der Waals surface area contributed by atoms with Crippen LogP contribution in [0.3, 0.4) is 0 Å². The van der Waals surface area contributed by atoms with Crippen LogP contribution in [0.1, 0.15) is 11.1 Å². The molecule has 0 atom stereocenters. The first kappa shape index (κ1) is 16.4. The maximum atomic E-state index is 12.5. The Hall–Kier alpha value is -0.620. The molecule has 0 unspecified atom stereocenters. The van der Waals surface area contributed by atoms with Crippen LogP contribution in [0.25, 0.3) is 0 Å². The molecule has 1 rings (SSSR count). The molecule has 108 valence electrons. The molecule has 0 aliphatic rings. The van der Waals surface area contributed by atoms with Crippen molar-refractivity contribution in [2.75, 3.05) is 32.7 Å². The minimum Gasteiger partial charge on any atom is -0.383 e. The van der Waals surface area contributed by atoms with Crippen molar-refractivity contribution < 1.29 is 13.2 Å². The fourth-order valence-corrected chi connectivity index (χ4v) is 3.48. The molecule has 19 heavy (non-hydrogen) atoms. The predicted octanol–water partition coefficient (Wildman–Crippen LogP) is 2.18. The first-order valence-corrected chi connectivity index (χ1v) is 8.03. The highest BCUT2D eigenvalue weighted by Gasteiger charge is 2.23. The van der Waals surface area contributed by atoms with E-state index in [1.165, 1.54) is 4.31 Å². The molecular weight excluding hydrogens is 286 g/mol. The van der Waals surface area contributed by atoms with Crippen molar-refractivity contribution in [1.82, 2.24) is 4.31 Å². The van der Waals surface area contributed by atoms with Gasteiger partial charge in [-0.15, -0.1) is 11.6 Å². The first-order chi connectivity index (χ1) is 8.93. The molecule has 1 aromatic carbocycles. The van der Waals surface area contributed by atoms with Crippen LogP contribution >= 0.6 is 11.6 Å². The third kappa shape index (κ3) is 4.18. The zero-order valence-corrected chi connectivity index (χ0v) is 13.1. The van der Waals surface area contributed by atoms with E-state index in [2.05, 4.69) is 0 Å². The van der Waals surface area contributed by atoms with Gasteiger partial charge < -0.3 is 4.74 Å². The molecule has 6 heteroatoms. The zero-order chi connectivity index (χ0) is 14.5. The number of ether oxygens (including phenoxy) is 1. The van der Waals surface area contributed by atoms with Gasteiger partial charge in [-0.25, -0.2) is 8.42 Å². The third-order valence-corrected chi connectivity index (χ3v) is 5.06. The fraction of sp³-hybridized carbons (Fsp3) is 0.538. The van der Waals surface area contributed by atoms with Crippen molar-refractivity contribution in [1.29, 1.82) is 0 Å². The Morgan fingerprint density at radius 2 is 1.89 bits per heavy atom. The number of aryl methyl sites for hydroxylation is 2. The summed E-state index contributed by atoms with van der Waals surface area (Å²) >= 11 is 5.68. The van der Waals surface area contributed by atoms with E-state index >= 15 is 0 Å². The SMILES string of the molecule is COCCN(CCCl)S(=O)(=O)c1ccc(C)c(C)c1. The Morgan fingerprint density at radius 1 is 1.21 bits per heavy atom. The van der Waals surface area contributed by atoms with E-state index in [9.17, 15) is 8.42 Å². The number of rotatable bonds is 7. The Balaban J connectivity index is 3.07. The van der Waals surface area contributed by atoms with Crippen molar-refractivity contribution in [3.8, 4) is 0 Å². The highest BCUT2D eigenvalue weighted by atomic mass is 35.5. The molecule has 0 bridgehead atoms. The average molecular weight is 306 g/mol. The number of halogens is 1. The van der Waals surface area contributed by atoms with Crippen molar-refractivity contribution >= 4 is 21.6 Å². The third-order valence-electron chi connectivity index (χ3n) is 2.99. The molecule has 0 radical (unpaired) electrons. The van der Waals surface area contributed by atoms with Crippen LogP contribution in [0.15, 0.2) is 23.1 Å². The lowest BCUT2D eigenvalue weighted by molar-refractivity contribution is 0.180. The molecule has 0 fully saturated rings. The lowest BCUT2D eigenvalue weighted by Crippen LogP contribution is -2.35. The van der Waals surface area contributed by atoms with Crippen molar-refractivity contribution in [3.05, 3.63) is 29.3 Å². The molecule has 0 saturated carbocycles. The number of sulfonamides is 1. The van der Waals surface area contributed by atoms with Gasteiger partial charge in [0.2, 0.25) is 10.0 Å². The molecule has 0 saturated heterocycles. The Labute approximate surface area is 120 Å². The van der Waals surface area contributed by atoms with Crippen LogP contribution in [-0.2, 0) is 14.8 Å². The maximum Gasteiger partial charge on any atom is 0.243 e. The van der Waals surface area contributed by atoms with E-state index in [0.29, 0.717) is 18.0 Å². The Morgan fingerprint density at radius 3 is 2.42 bits per heavy atom. The van der Waals surface area contributed by atoms with Gasteiger partial charge in [-0.2, -0.15) is 4.31 Å². The second kappa shape index (κ2) is 7.24. The van der Waals surface area contributed by atoms with Crippen molar-refractivity contribution in [2.24, 2.45) is 0 Å². The molecule has 0 spiro atoms. The molecule has 4 nitrogen and oxygen atoms in total. The normalized spacial score (nSPS) is 12.1. The van der Waals surface area contributed by atoms with Crippen LogP contribution < -0.4 is 0 Å². The van der Waals surface area contributed by atoms with Gasteiger partial charge in [-0.1, -0.05) is 6.07 Å². The summed E-state index contributed by atoms with van der Waals surface area (Å²) in [5.41, 5.74) is 2.03. The van der Waals surface area contributed by atoms with E-state index in [1.807, 2.05) is 19.9 Å². The van der Waals surface area contributed by atoms with Gasteiger partial charge in [0.25, 0.3) is 0 Å². The second-order valence-electron chi connectivity index (χ2n) is 4.33. The number of hydrogen-bond acceptors (Lipinski definition) is 3. The number of alkyl halides is 1. The average Bonchev–Trinajstić information content (AvgIpc) is 2.37. The molecule has 0 amide bonds. The van der Waals surface area contributed by atoms with Crippen molar-refractivity contribution in [2.45, 2.75) is 18.7 Å². The van der Waals surface area contributed by atoms with E-state index in [1.54, 1.807) is 19.2 Å². The minimum absolute atomic E-state index is 0.258. The first-order valence-electron chi connectivity index (χ1n) is 6.05. The predicted molar refractivity (Wildman–Crippen MR) is 77.3 cm³/mol. The number of nitrogens with zero attached hydrogens (tertiary/aromatic N) is 1. The van der Waals surface area contributed by atoms with Gasteiger partial charge in [-0.05, 0) is 37.1 Å². The molecular formula is C13H20ClNO3S. The van der Waals surface area contributed by atoms with E-state index < -0.39 is 10.0 Å². The summed E-state index contributed by atoms with van der Waals surface area (Å²) in [7, 11) is -1.96. The summed E-state index contributed by atoms with van der Waals surface area (Å²) in [5, 5.41) is 0. The van der Waals surface area contributed by atoms with Crippen LogP contribution in [0.4, 0.5) is 0 Å². The fourth-order valence-electron chi connectivity index (χ4n) is 1.66. The Bertz CT molecular complexity index is 517. The van der Waals surface area contributed by atoms with Crippen LogP contribution in [0.5, 0.6) is 0 Å². The number of benzene rings is 1. The standard InChI is InChI=1S/C13H20ClNO3S/c1-11-4-5-13(10-12(11)2)19(16,17)15(7-6-14)8-9-18-3/h4-5,10H,6-9H2,1-3H3. The maximum absolute atomic E-state index is 12.5. The highest BCUT2D eigenvalue weighted by molar-refractivity contribution is 7.89. The van der Waals surface area contributed by atoms with Gasteiger partial charge in [0, 0.05) is 26.1 Å². The van der Waals surface area contributed by atoms with Gasteiger partial charge in [0.15, 0.2) is 0 Å².